The Labute approximate surface area is 121 Å². The smallest absolute Gasteiger partial charge is 0.328 e. The molecule has 6 heteroatoms. The zero-order chi connectivity index (χ0) is 15.6. The number of piperidine rings is 1. The Kier molecular flexibility index (Phi) is 4.88. The van der Waals surface area contributed by atoms with Gasteiger partial charge in [-0.1, -0.05) is 6.07 Å². The van der Waals surface area contributed by atoms with E-state index in [9.17, 15) is 17.6 Å². The van der Waals surface area contributed by atoms with Crippen LogP contribution in [-0.2, 0) is 12.7 Å². The van der Waals surface area contributed by atoms with Crippen LogP contribution in [0.1, 0.15) is 30.9 Å². The van der Waals surface area contributed by atoms with Crippen LogP contribution in [0.25, 0.3) is 0 Å². The largest absolute Gasteiger partial charge is 0.416 e. The van der Waals surface area contributed by atoms with E-state index in [-0.39, 0.29) is 18.2 Å². The first-order valence-corrected chi connectivity index (χ1v) is 7.11. The van der Waals surface area contributed by atoms with Gasteiger partial charge in [0, 0.05) is 12.6 Å². The first-order chi connectivity index (χ1) is 9.77. The summed E-state index contributed by atoms with van der Waals surface area (Å²) in [4.78, 5) is 1.97. The van der Waals surface area contributed by atoms with Gasteiger partial charge in [-0.05, 0) is 56.5 Å². The van der Waals surface area contributed by atoms with Crippen molar-refractivity contribution in [2.75, 3.05) is 13.1 Å². The van der Waals surface area contributed by atoms with Crippen LogP contribution >= 0.6 is 0 Å². The van der Waals surface area contributed by atoms with Gasteiger partial charge in [0.1, 0.15) is 5.82 Å². The average molecular weight is 304 g/mol. The summed E-state index contributed by atoms with van der Waals surface area (Å²) in [6.45, 7) is 3.60. The summed E-state index contributed by atoms with van der Waals surface area (Å²) in [5, 5.41) is 0. The molecule has 0 saturated carbocycles. The van der Waals surface area contributed by atoms with Crippen molar-refractivity contribution in [3.8, 4) is 0 Å². The molecule has 0 spiro atoms. The number of hydrogen-bond donors (Lipinski definition) is 1. The van der Waals surface area contributed by atoms with Crippen LogP contribution < -0.4 is 5.73 Å². The number of halogens is 4. The highest BCUT2D eigenvalue weighted by Gasteiger charge is 2.34. The van der Waals surface area contributed by atoms with Gasteiger partial charge in [-0.25, -0.2) is 4.39 Å². The van der Waals surface area contributed by atoms with Gasteiger partial charge >= 0.3 is 6.18 Å². The lowest BCUT2D eigenvalue weighted by Gasteiger charge is -2.34. The van der Waals surface area contributed by atoms with Crippen LogP contribution in [0.5, 0.6) is 0 Å². The van der Waals surface area contributed by atoms with Crippen LogP contribution in [0, 0.1) is 11.7 Å². The minimum Gasteiger partial charge on any atom is -0.328 e. The van der Waals surface area contributed by atoms with Crippen molar-refractivity contribution in [2.45, 2.75) is 38.5 Å². The molecule has 1 aromatic rings. The molecule has 1 aliphatic rings. The van der Waals surface area contributed by atoms with Gasteiger partial charge in [0.25, 0.3) is 0 Å². The van der Waals surface area contributed by atoms with E-state index < -0.39 is 17.6 Å². The van der Waals surface area contributed by atoms with Crippen molar-refractivity contribution in [1.29, 1.82) is 0 Å². The monoisotopic (exact) mass is 304 g/mol. The van der Waals surface area contributed by atoms with Crippen LogP contribution in [0.15, 0.2) is 18.2 Å². The summed E-state index contributed by atoms with van der Waals surface area (Å²) in [6.07, 6.45) is -2.75. The van der Waals surface area contributed by atoms with Crippen LogP contribution in [-0.4, -0.2) is 24.0 Å². The molecule has 0 amide bonds. The normalized spacial score (nSPS) is 19.7. The van der Waals surface area contributed by atoms with E-state index in [1.54, 1.807) is 0 Å². The van der Waals surface area contributed by atoms with E-state index in [4.69, 9.17) is 5.73 Å². The van der Waals surface area contributed by atoms with E-state index in [0.29, 0.717) is 12.0 Å². The summed E-state index contributed by atoms with van der Waals surface area (Å²) >= 11 is 0. The van der Waals surface area contributed by atoms with Gasteiger partial charge in [-0.15, -0.1) is 0 Å². The van der Waals surface area contributed by atoms with Crippen molar-refractivity contribution in [3.05, 3.63) is 35.1 Å². The number of benzene rings is 1. The van der Waals surface area contributed by atoms with Gasteiger partial charge in [-0.2, -0.15) is 13.2 Å². The fraction of sp³-hybridized carbons (Fsp3) is 0.600. The maximum Gasteiger partial charge on any atom is 0.416 e. The molecule has 1 aromatic carbocycles. The molecule has 118 valence electrons. The minimum atomic E-state index is -4.53. The molecule has 21 heavy (non-hydrogen) atoms. The third kappa shape index (κ3) is 4.17. The van der Waals surface area contributed by atoms with Crippen molar-refractivity contribution in [2.24, 2.45) is 11.7 Å². The lowest BCUT2D eigenvalue weighted by atomic mass is 9.90. The maximum absolute atomic E-state index is 13.1. The van der Waals surface area contributed by atoms with Crippen LogP contribution in [0.2, 0.25) is 0 Å². The van der Waals surface area contributed by atoms with Gasteiger partial charge in [-0.3, -0.25) is 4.90 Å². The Morgan fingerprint density at radius 1 is 1.29 bits per heavy atom. The first-order valence-electron chi connectivity index (χ1n) is 7.11. The van der Waals surface area contributed by atoms with Gasteiger partial charge < -0.3 is 5.73 Å². The quantitative estimate of drug-likeness (QED) is 0.867. The Balaban J connectivity index is 2.07. The van der Waals surface area contributed by atoms with Gasteiger partial charge in [0.2, 0.25) is 0 Å². The fourth-order valence-corrected chi connectivity index (χ4v) is 2.83. The Bertz CT molecular complexity index is 477. The van der Waals surface area contributed by atoms with E-state index in [1.807, 2.05) is 11.8 Å². The zero-order valence-corrected chi connectivity index (χ0v) is 12.0. The zero-order valence-electron chi connectivity index (χ0n) is 12.0. The SMILES string of the molecule is CC(N)C1CCN(Cc2ccc(F)cc2C(F)(F)F)CC1. The predicted molar refractivity (Wildman–Crippen MR) is 73.1 cm³/mol. The van der Waals surface area contributed by atoms with Crippen molar-refractivity contribution in [3.63, 3.8) is 0 Å². The van der Waals surface area contributed by atoms with E-state index in [2.05, 4.69) is 0 Å². The molecule has 0 aromatic heterocycles. The topological polar surface area (TPSA) is 29.3 Å². The molecule has 1 saturated heterocycles. The second kappa shape index (κ2) is 6.32. The Morgan fingerprint density at radius 3 is 2.43 bits per heavy atom. The van der Waals surface area contributed by atoms with Crippen molar-refractivity contribution >= 4 is 0 Å². The van der Waals surface area contributed by atoms with Gasteiger partial charge in [0.05, 0.1) is 5.56 Å². The molecule has 1 aliphatic heterocycles. The van der Waals surface area contributed by atoms with Crippen molar-refractivity contribution < 1.29 is 17.6 Å². The van der Waals surface area contributed by atoms with Crippen LogP contribution in [0.3, 0.4) is 0 Å². The number of rotatable bonds is 3. The first kappa shape index (κ1) is 16.2. The minimum absolute atomic E-state index is 0.115. The fourth-order valence-electron chi connectivity index (χ4n) is 2.83. The summed E-state index contributed by atoms with van der Waals surface area (Å²) < 4.78 is 51.9. The molecule has 1 atom stereocenters. The molecular formula is C15H20F4N2. The van der Waals surface area contributed by atoms with Gasteiger partial charge in [0.15, 0.2) is 0 Å². The Hall–Kier alpha value is -1.14. The number of nitrogens with two attached hydrogens (primary N) is 1. The highest BCUT2D eigenvalue weighted by Crippen LogP contribution is 2.33. The molecule has 0 radical (unpaired) electrons. The highest BCUT2D eigenvalue weighted by molar-refractivity contribution is 5.30. The van der Waals surface area contributed by atoms with Crippen molar-refractivity contribution in [1.82, 2.24) is 4.90 Å². The summed E-state index contributed by atoms with van der Waals surface area (Å²) in [5.74, 6) is -0.432. The predicted octanol–water partition coefficient (Wildman–Crippen LogP) is 3.40. The van der Waals surface area contributed by atoms with E-state index >= 15 is 0 Å². The second-order valence-corrected chi connectivity index (χ2v) is 5.77. The van der Waals surface area contributed by atoms with Crippen LogP contribution in [0.4, 0.5) is 17.6 Å². The molecule has 1 heterocycles. The summed E-state index contributed by atoms with van der Waals surface area (Å²) in [7, 11) is 0. The summed E-state index contributed by atoms with van der Waals surface area (Å²) in [5.41, 5.74) is 5.10. The molecule has 0 bridgehead atoms. The molecule has 2 nitrogen and oxygen atoms in total. The maximum atomic E-state index is 13.1. The average Bonchev–Trinajstić information content (AvgIpc) is 2.40. The van der Waals surface area contributed by atoms with E-state index in [1.165, 1.54) is 6.07 Å². The number of nitrogens with zero attached hydrogens (tertiary/aromatic N) is 1. The number of hydrogen-bond acceptors (Lipinski definition) is 2. The molecular weight excluding hydrogens is 284 g/mol. The van der Waals surface area contributed by atoms with E-state index in [0.717, 1.165) is 32.0 Å². The molecule has 1 unspecified atom stereocenters. The lowest BCUT2D eigenvalue weighted by Crippen LogP contribution is -2.39. The third-order valence-electron chi connectivity index (χ3n) is 4.15. The highest BCUT2D eigenvalue weighted by atomic mass is 19.4. The molecule has 0 aliphatic carbocycles. The number of likely N-dealkylation sites (tertiary alicyclic amines) is 1. The molecule has 2 N–H and O–H groups in total. The lowest BCUT2D eigenvalue weighted by molar-refractivity contribution is -0.138. The third-order valence-corrected chi connectivity index (χ3v) is 4.15. The second-order valence-electron chi connectivity index (χ2n) is 5.77. The molecule has 2 rings (SSSR count). The number of alkyl halides is 3. The summed E-state index contributed by atoms with van der Waals surface area (Å²) in [6, 6.07) is 3.00. The standard InChI is InChI=1S/C15H20F4N2/c1-10(20)11-4-6-21(7-5-11)9-12-2-3-13(16)8-14(12)15(17,18)19/h2-3,8,10-11H,4-7,9,20H2,1H3. The molecule has 1 fully saturated rings. The Morgan fingerprint density at radius 2 is 1.90 bits per heavy atom.